The van der Waals surface area contributed by atoms with E-state index in [-0.39, 0.29) is 60.3 Å². The number of benzene rings is 1. The number of hydrogen-bond acceptors (Lipinski definition) is 16. The normalized spacial score (nSPS) is 20.0. The number of carboxylic acid groups (broad SMARTS) is 1. The zero-order valence-corrected chi connectivity index (χ0v) is 30.5. The van der Waals surface area contributed by atoms with Gasteiger partial charge in [0, 0.05) is 52.0 Å². The molecular formula is C30H32N10O12S2. The Kier molecular flexibility index (Phi) is 11.5. The van der Waals surface area contributed by atoms with E-state index in [1.54, 1.807) is 14.0 Å². The SMILES string of the molecule is CCN1CCN(C(=O)NC(C(=O)N[C@]2(NC=O)C(=O)N3C(C(=O)O)=C(CSc4nnnn4C)CS[C@H]32)c2ccc(OC(C)=O)c(OC(C)=O)c2)C(=O)C1=O. The number of carbonyl (C=O) groups excluding carboxylic acids is 8. The number of nitrogens with zero attached hydrogens (tertiary/aromatic N) is 7. The number of amides is 7. The second-order valence-electron chi connectivity index (χ2n) is 11.6. The summed E-state index contributed by atoms with van der Waals surface area (Å²) in [5.41, 5.74) is -2.43. The Hall–Kier alpha value is -6.04. The fraction of sp³-hybridized carbons (Fsp3) is 0.400. The summed E-state index contributed by atoms with van der Waals surface area (Å²) in [6, 6.07) is 0.419. The molecule has 3 aliphatic heterocycles. The number of urea groups is 1. The molecule has 2 aromatic rings. The van der Waals surface area contributed by atoms with Gasteiger partial charge in [-0.05, 0) is 40.6 Å². The van der Waals surface area contributed by atoms with E-state index in [0.717, 1.165) is 54.4 Å². The molecule has 0 spiro atoms. The number of aliphatic carboxylic acids is 1. The van der Waals surface area contributed by atoms with Crippen LogP contribution in [0.4, 0.5) is 4.79 Å². The van der Waals surface area contributed by atoms with Gasteiger partial charge >= 0.3 is 35.8 Å². The van der Waals surface area contributed by atoms with Gasteiger partial charge in [-0.3, -0.25) is 43.4 Å². The van der Waals surface area contributed by atoms with Crippen molar-refractivity contribution in [2.24, 2.45) is 7.05 Å². The van der Waals surface area contributed by atoms with Crippen molar-refractivity contribution >= 4 is 77.5 Å². The van der Waals surface area contributed by atoms with E-state index in [1.807, 2.05) is 0 Å². The molecule has 22 nitrogen and oxygen atoms in total. The van der Waals surface area contributed by atoms with Crippen LogP contribution < -0.4 is 25.4 Å². The Balaban J connectivity index is 1.49. The molecule has 3 atom stereocenters. The molecule has 2 saturated heterocycles. The van der Waals surface area contributed by atoms with Gasteiger partial charge in [0.2, 0.25) is 23.1 Å². The molecule has 24 heteroatoms. The highest BCUT2D eigenvalue weighted by Gasteiger charge is 2.66. The number of β-lactam (4-membered cyclic amide) rings is 1. The predicted octanol–water partition coefficient (Wildman–Crippen LogP) is -1.89. The van der Waals surface area contributed by atoms with E-state index in [9.17, 15) is 48.3 Å². The Labute approximate surface area is 313 Å². The van der Waals surface area contributed by atoms with Crippen molar-refractivity contribution in [3.63, 3.8) is 0 Å². The van der Waals surface area contributed by atoms with Crippen LogP contribution in [0.1, 0.15) is 32.4 Å². The van der Waals surface area contributed by atoms with Gasteiger partial charge in [0.05, 0.1) is 0 Å². The number of rotatable bonds is 13. The lowest BCUT2D eigenvalue weighted by Crippen LogP contribution is -2.85. The van der Waals surface area contributed by atoms with Crippen molar-refractivity contribution in [2.75, 3.05) is 31.1 Å². The first-order chi connectivity index (χ1) is 25.6. The second kappa shape index (κ2) is 15.9. The highest BCUT2D eigenvalue weighted by Crippen LogP contribution is 2.46. The average Bonchev–Trinajstić information content (AvgIpc) is 3.54. The molecule has 286 valence electrons. The molecule has 3 aliphatic rings. The molecule has 7 amide bonds. The molecule has 4 N–H and O–H groups in total. The van der Waals surface area contributed by atoms with E-state index >= 15 is 0 Å². The summed E-state index contributed by atoms with van der Waals surface area (Å²) in [4.78, 5) is 118. The summed E-state index contributed by atoms with van der Waals surface area (Å²) in [7, 11) is 1.59. The van der Waals surface area contributed by atoms with Gasteiger partial charge in [0.1, 0.15) is 17.1 Å². The van der Waals surface area contributed by atoms with E-state index < -0.39 is 64.6 Å². The fourth-order valence-corrected chi connectivity index (χ4v) is 8.13. The maximum Gasteiger partial charge on any atom is 0.352 e. The lowest BCUT2D eigenvalue weighted by Gasteiger charge is -2.56. The summed E-state index contributed by atoms with van der Waals surface area (Å²) >= 11 is 2.15. The number of imide groups is 1. The van der Waals surface area contributed by atoms with Crippen molar-refractivity contribution in [1.82, 2.24) is 50.9 Å². The van der Waals surface area contributed by atoms with E-state index in [4.69, 9.17) is 9.47 Å². The van der Waals surface area contributed by atoms with Crippen LogP contribution in [0, 0.1) is 0 Å². The largest absolute Gasteiger partial charge is 0.477 e. The maximum absolute atomic E-state index is 14.3. The molecule has 0 saturated carbocycles. The molecule has 5 rings (SSSR count). The summed E-state index contributed by atoms with van der Waals surface area (Å²) in [5.74, 6) is -7.88. The van der Waals surface area contributed by atoms with E-state index in [2.05, 4.69) is 31.5 Å². The third-order valence-corrected chi connectivity index (χ3v) is 10.7. The van der Waals surface area contributed by atoms with Crippen molar-refractivity contribution in [2.45, 2.75) is 43.0 Å². The molecule has 0 aliphatic carbocycles. The summed E-state index contributed by atoms with van der Waals surface area (Å²) in [5, 5.41) is 27.6. The average molecular weight is 789 g/mol. The summed E-state index contributed by atoms with van der Waals surface area (Å²) < 4.78 is 11.6. The van der Waals surface area contributed by atoms with Gasteiger partial charge in [-0.2, -0.15) is 0 Å². The predicted molar refractivity (Wildman–Crippen MR) is 182 cm³/mol. The van der Waals surface area contributed by atoms with E-state index in [1.165, 1.54) is 15.6 Å². The van der Waals surface area contributed by atoms with Gasteiger partial charge < -0.3 is 35.4 Å². The van der Waals surface area contributed by atoms with E-state index in [0.29, 0.717) is 15.6 Å². The Bertz CT molecular complexity index is 1990. The Morgan fingerprint density at radius 1 is 1.09 bits per heavy atom. The first-order valence-corrected chi connectivity index (χ1v) is 17.9. The molecule has 1 unspecified atom stereocenters. The topological polar surface area (TPSA) is 282 Å². The van der Waals surface area contributed by atoms with Crippen molar-refractivity contribution in [3.8, 4) is 11.5 Å². The quantitative estimate of drug-likeness (QED) is 0.0328. The minimum absolute atomic E-state index is 0.00401. The number of piperazine rings is 1. The molecule has 1 aromatic carbocycles. The number of tetrazole rings is 1. The van der Waals surface area contributed by atoms with Crippen LogP contribution >= 0.6 is 23.5 Å². The number of carbonyl (C=O) groups is 9. The van der Waals surface area contributed by atoms with Crippen molar-refractivity contribution in [1.29, 1.82) is 0 Å². The number of thioether (sulfide) groups is 2. The standard InChI is InChI=1S/C30H32N10O12S2/c1-5-38-8-9-39(24(46)23(38)45)28(50)32-20(16-6-7-18(51-14(2)42)19(10-16)52-15(3)43)22(44)33-30(31-13-41)26(49)40-21(25(47)48)17(11-53-27(30)40)12-54-29-34-35-36-37(29)4/h6-7,10,13,20,27H,5,8-9,11-12H2,1-4H3,(H,31,41)(H,32,50)(H,33,44)(H,47,48)/t20?,27-,30+/m0/s1. The summed E-state index contributed by atoms with van der Waals surface area (Å²) in [6.07, 6.45) is 0.129. The highest BCUT2D eigenvalue weighted by atomic mass is 32.2. The number of esters is 2. The number of aromatic nitrogens is 4. The third-order valence-electron chi connectivity index (χ3n) is 8.19. The highest BCUT2D eigenvalue weighted by molar-refractivity contribution is 8.01. The second-order valence-corrected chi connectivity index (χ2v) is 13.7. The van der Waals surface area contributed by atoms with Gasteiger partial charge in [0.25, 0.3) is 5.91 Å². The van der Waals surface area contributed by atoms with Crippen LogP contribution in [0.15, 0.2) is 34.6 Å². The lowest BCUT2D eigenvalue weighted by atomic mass is 9.94. The number of nitrogens with one attached hydrogen (secondary N) is 3. The number of hydrogen-bond donors (Lipinski definition) is 4. The first-order valence-electron chi connectivity index (χ1n) is 15.8. The van der Waals surface area contributed by atoms with Crippen molar-refractivity contribution in [3.05, 3.63) is 35.0 Å². The monoisotopic (exact) mass is 788 g/mol. The number of carboxylic acids is 1. The fourth-order valence-electron chi connectivity index (χ4n) is 5.72. The number of fused-ring (bicyclic) bond motifs is 1. The van der Waals surface area contributed by atoms with Crippen LogP contribution in [0.25, 0.3) is 0 Å². The van der Waals surface area contributed by atoms with Crippen molar-refractivity contribution < 1.29 is 57.7 Å². The van der Waals surface area contributed by atoms with Gasteiger partial charge in [-0.1, -0.05) is 17.8 Å². The number of ether oxygens (including phenoxy) is 2. The first kappa shape index (κ1) is 39.2. The molecule has 0 radical (unpaired) electrons. The smallest absolute Gasteiger partial charge is 0.352 e. The Morgan fingerprint density at radius 2 is 1.80 bits per heavy atom. The molecule has 1 aromatic heterocycles. The third kappa shape index (κ3) is 7.55. The maximum atomic E-state index is 14.3. The lowest BCUT2D eigenvalue weighted by molar-refractivity contribution is -0.163. The van der Waals surface area contributed by atoms with Gasteiger partial charge in [-0.15, -0.1) is 16.9 Å². The molecule has 4 heterocycles. The van der Waals surface area contributed by atoms with Crippen LogP contribution in [-0.2, 0) is 45.4 Å². The minimum Gasteiger partial charge on any atom is -0.477 e. The van der Waals surface area contributed by atoms with Crippen LogP contribution in [0.2, 0.25) is 0 Å². The summed E-state index contributed by atoms with van der Waals surface area (Å²) in [6.45, 7) is 3.75. The molecule has 54 heavy (non-hydrogen) atoms. The van der Waals surface area contributed by atoms with Gasteiger partial charge in [-0.25, -0.2) is 14.3 Å². The number of aryl methyl sites for hydroxylation is 1. The van der Waals surface area contributed by atoms with Crippen LogP contribution in [-0.4, -0.2) is 136 Å². The molecular weight excluding hydrogens is 757 g/mol. The minimum atomic E-state index is -2.24. The molecule has 2 fully saturated rings. The Morgan fingerprint density at radius 3 is 2.41 bits per heavy atom. The zero-order valence-electron chi connectivity index (χ0n) is 28.9. The van der Waals surface area contributed by atoms with Crippen LogP contribution in [0.5, 0.6) is 11.5 Å². The van der Waals surface area contributed by atoms with Gasteiger partial charge in [0.15, 0.2) is 11.5 Å². The molecule has 0 bridgehead atoms. The number of likely N-dealkylation sites (N-methyl/N-ethyl adjacent to an activating group) is 1. The zero-order chi connectivity index (χ0) is 39.5. The van der Waals surface area contributed by atoms with Crippen LogP contribution in [0.3, 0.4) is 0 Å².